The number of hydrogen-bond donors (Lipinski definition) is 1. The zero-order valence-electron chi connectivity index (χ0n) is 10.8. The van der Waals surface area contributed by atoms with Crippen LogP contribution in [-0.2, 0) is 15.1 Å². The van der Waals surface area contributed by atoms with E-state index in [4.69, 9.17) is 4.74 Å². The molecule has 1 saturated heterocycles. The number of nitrogens with one attached hydrogen (secondary N) is 1. The molecule has 21 heavy (non-hydrogen) atoms. The summed E-state index contributed by atoms with van der Waals surface area (Å²) in [6.07, 6.45) is -4.45. The molecular weight excluding hydrogens is 358 g/mol. The lowest BCUT2D eigenvalue weighted by Gasteiger charge is -2.38. The molecule has 1 heterocycles. The maximum atomic E-state index is 14.0. The van der Waals surface area contributed by atoms with Crippen molar-refractivity contribution >= 4 is 21.8 Å². The van der Waals surface area contributed by atoms with Gasteiger partial charge in [0.1, 0.15) is 5.82 Å². The van der Waals surface area contributed by atoms with Crippen LogP contribution in [0.1, 0.15) is 18.4 Å². The second kappa shape index (κ2) is 5.92. The Bertz CT molecular complexity index is 541. The number of rotatable bonds is 2. The molecule has 1 unspecified atom stereocenters. The van der Waals surface area contributed by atoms with Crippen LogP contribution in [0.5, 0.6) is 0 Å². The Kier molecular flexibility index (Phi) is 4.57. The molecule has 1 N–H and O–H groups in total. The van der Waals surface area contributed by atoms with Crippen molar-refractivity contribution in [1.82, 2.24) is 5.32 Å². The first-order valence-corrected chi connectivity index (χ1v) is 6.96. The quantitative estimate of drug-likeness (QED) is 0.812. The summed E-state index contributed by atoms with van der Waals surface area (Å²) in [5, 5.41) is 1.91. The lowest BCUT2D eigenvalue weighted by Crippen LogP contribution is -2.55. The molecule has 1 aliphatic heterocycles. The number of halogens is 5. The summed E-state index contributed by atoms with van der Waals surface area (Å²) in [7, 11) is 0. The molecular formula is C13H12BrF4NO2. The fourth-order valence-corrected chi connectivity index (χ4v) is 2.69. The van der Waals surface area contributed by atoms with Crippen LogP contribution in [0.3, 0.4) is 0 Å². The van der Waals surface area contributed by atoms with Crippen molar-refractivity contribution in [3.63, 3.8) is 0 Å². The van der Waals surface area contributed by atoms with Crippen LogP contribution in [0.2, 0.25) is 0 Å². The van der Waals surface area contributed by atoms with Gasteiger partial charge in [0.05, 0.1) is 12.1 Å². The average Bonchev–Trinajstić information content (AvgIpc) is 2.41. The molecule has 0 aromatic heterocycles. The Hall–Kier alpha value is -1.15. The standard InChI is InChI=1S/C13H12BrF4NO2/c14-8-2-3-10(15)9(6-8)12(4-1-5-21-7-12)19-11(20)13(16,17)18/h2-3,6H,1,4-5,7H2,(H,19,20). The highest BCUT2D eigenvalue weighted by molar-refractivity contribution is 9.10. The number of ether oxygens (including phenoxy) is 1. The predicted molar refractivity (Wildman–Crippen MR) is 70.0 cm³/mol. The van der Waals surface area contributed by atoms with E-state index < -0.39 is 23.4 Å². The molecule has 8 heteroatoms. The minimum absolute atomic E-state index is 0.0193. The summed E-state index contributed by atoms with van der Waals surface area (Å²) in [5.74, 6) is -2.79. The van der Waals surface area contributed by atoms with E-state index >= 15 is 0 Å². The normalized spacial score (nSPS) is 22.9. The molecule has 1 amide bonds. The number of alkyl halides is 3. The van der Waals surface area contributed by atoms with Gasteiger partial charge in [-0.2, -0.15) is 13.2 Å². The van der Waals surface area contributed by atoms with E-state index in [2.05, 4.69) is 15.9 Å². The van der Waals surface area contributed by atoms with E-state index in [1.165, 1.54) is 12.1 Å². The van der Waals surface area contributed by atoms with Gasteiger partial charge in [-0.3, -0.25) is 4.79 Å². The number of carbonyl (C=O) groups excluding carboxylic acids is 1. The topological polar surface area (TPSA) is 38.3 Å². The fourth-order valence-electron chi connectivity index (χ4n) is 2.33. The molecule has 0 saturated carbocycles. The molecule has 116 valence electrons. The van der Waals surface area contributed by atoms with Gasteiger partial charge in [-0.15, -0.1) is 0 Å². The van der Waals surface area contributed by atoms with Gasteiger partial charge in [0, 0.05) is 16.6 Å². The van der Waals surface area contributed by atoms with Crippen molar-refractivity contribution in [3.8, 4) is 0 Å². The van der Waals surface area contributed by atoms with Crippen LogP contribution in [0.15, 0.2) is 22.7 Å². The minimum Gasteiger partial charge on any atom is -0.379 e. The maximum absolute atomic E-state index is 14.0. The molecule has 1 aliphatic rings. The molecule has 0 spiro atoms. The zero-order valence-corrected chi connectivity index (χ0v) is 12.4. The van der Waals surface area contributed by atoms with E-state index in [-0.39, 0.29) is 18.6 Å². The summed E-state index contributed by atoms with van der Waals surface area (Å²) in [6, 6.07) is 3.93. The Labute approximate surface area is 126 Å². The lowest BCUT2D eigenvalue weighted by molar-refractivity contribution is -0.177. The van der Waals surface area contributed by atoms with Gasteiger partial charge < -0.3 is 10.1 Å². The van der Waals surface area contributed by atoms with Gasteiger partial charge in [0.15, 0.2) is 0 Å². The third-order valence-electron chi connectivity index (χ3n) is 3.29. The molecule has 0 aliphatic carbocycles. The van der Waals surface area contributed by atoms with Crippen LogP contribution in [-0.4, -0.2) is 25.3 Å². The molecule has 2 rings (SSSR count). The zero-order chi connectivity index (χ0) is 15.7. The van der Waals surface area contributed by atoms with E-state index in [0.717, 1.165) is 6.07 Å². The molecule has 1 aromatic carbocycles. The summed E-state index contributed by atoms with van der Waals surface area (Å²) >= 11 is 3.15. The SMILES string of the molecule is O=C(NC1(c2cc(Br)ccc2F)CCCOC1)C(F)(F)F. The Morgan fingerprint density at radius 1 is 1.38 bits per heavy atom. The van der Waals surface area contributed by atoms with Gasteiger partial charge in [-0.1, -0.05) is 15.9 Å². The fraction of sp³-hybridized carbons (Fsp3) is 0.462. The second-order valence-electron chi connectivity index (χ2n) is 4.81. The van der Waals surface area contributed by atoms with Crippen LogP contribution >= 0.6 is 15.9 Å². The molecule has 1 aromatic rings. The van der Waals surface area contributed by atoms with Crippen molar-refractivity contribution in [2.75, 3.05) is 13.2 Å². The summed E-state index contributed by atoms with van der Waals surface area (Å²) in [6.45, 7) is 0.154. The monoisotopic (exact) mass is 369 g/mol. The lowest BCUT2D eigenvalue weighted by atomic mass is 9.84. The van der Waals surface area contributed by atoms with Crippen molar-refractivity contribution in [1.29, 1.82) is 0 Å². The highest BCUT2D eigenvalue weighted by Crippen LogP contribution is 2.35. The first-order valence-electron chi connectivity index (χ1n) is 6.17. The van der Waals surface area contributed by atoms with Gasteiger partial charge in [0.2, 0.25) is 0 Å². The third kappa shape index (κ3) is 3.55. The van der Waals surface area contributed by atoms with Gasteiger partial charge >= 0.3 is 12.1 Å². The summed E-state index contributed by atoms with van der Waals surface area (Å²) in [4.78, 5) is 11.3. The van der Waals surface area contributed by atoms with Crippen LogP contribution in [0, 0.1) is 5.82 Å². The predicted octanol–water partition coefficient (Wildman–Crippen LogP) is 3.27. The molecule has 1 fully saturated rings. The summed E-state index contributed by atoms with van der Waals surface area (Å²) in [5.41, 5.74) is -1.53. The van der Waals surface area contributed by atoms with E-state index in [0.29, 0.717) is 17.5 Å². The highest BCUT2D eigenvalue weighted by atomic mass is 79.9. The van der Waals surface area contributed by atoms with E-state index in [1.807, 2.05) is 5.32 Å². The molecule has 3 nitrogen and oxygen atoms in total. The maximum Gasteiger partial charge on any atom is 0.471 e. The number of amides is 1. The Morgan fingerprint density at radius 2 is 2.10 bits per heavy atom. The first-order chi connectivity index (χ1) is 9.74. The van der Waals surface area contributed by atoms with Crippen molar-refractivity contribution in [3.05, 3.63) is 34.1 Å². The van der Waals surface area contributed by atoms with Crippen LogP contribution in [0.25, 0.3) is 0 Å². The van der Waals surface area contributed by atoms with E-state index in [9.17, 15) is 22.4 Å². The van der Waals surface area contributed by atoms with Crippen LogP contribution in [0.4, 0.5) is 17.6 Å². The van der Waals surface area contributed by atoms with Gasteiger partial charge in [-0.25, -0.2) is 4.39 Å². The number of benzene rings is 1. The molecule has 0 radical (unpaired) electrons. The smallest absolute Gasteiger partial charge is 0.379 e. The highest BCUT2D eigenvalue weighted by Gasteiger charge is 2.46. The third-order valence-corrected chi connectivity index (χ3v) is 3.79. The average molecular weight is 370 g/mol. The number of hydrogen-bond acceptors (Lipinski definition) is 2. The van der Waals surface area contributed by atoms with Crippen molar-refractivity contribution < 1.29 is 27.1 Å². The van der Waals surface area contributed by atoms with Gasteiger partial charge in [0.25, 0.3) is 0 Å². The molecule has 0 bridgehead atoms. The Morgan fingerprint density at radius 3 is 2.67 bits per heavy atom. The summed E-state index contributed by atoms with van der Waals surface area (Å²) < 4.78 is 57.3. The second-order valence-corrected chi connectivity index (χ2v) is 5.73. The Balaban J connectivity index is 2.42. The number of carbonyl (C=O) groups is 1. The van der Waals surface area contributed by atoms with E-state index in [1.54, 1.807) is 0 Å². The van der Waals surface area contributed by atoms with Gasteiger partial charge in [-0.05, 0) is 31.0 Å². The largest absolute Gasteiger partial charge is 0.471 e. The van der Waals surface area contributed by atoms with Crippen molar-refractivity contribution in [2.45, 2.75) is 24.6 Å². The first kappa shape index (κ1) is 16.2. The van der Waals surface area contributed by atoms with Crippen molar-refractivity contribution in [2.24, 2.45) is 0 Å². The molecule has 1 atom stereocenters. The minimum atomic E-state index is -5.03. The van der Waals surface area contributed by atoms with Crippen LogP contribution < -0.4 is 5.32 Å².